The number of hydrogen-bond acceptors (Lipinski definition) is 4. The minimum atomic E-state index is -0.817. The molecular formula is C19H25N3O4. The number of primary amides is 1. The number of esters is 1. The van der Waals surface area contributed by atoms with Crippen molar-refractivity contribution in [2.45, 2.75) is 44.8 Å². The second kappa shape index (κ2) is 6.99. The van der Waals surface area contributed by atoms with Crippen LogP contribution in [-0.4, -0.2) is 30.7 Å². The number of carbonyl (C=O) groups is 2. The second-order valence-electron chi connectivity index (χ2n) is 6.58. The molecular weight excluding hydrogens is 334 g/mol. The molecule has 7 heteroatoms. The molecule has 140 valence electrons. The van der Waals surface area contributed by atoms with Gasteiger partial charge < -0.3 is 25.5 Å². The van der Waals surface area contributed by atoms with E-state index in [1.54, 1.807) is 0 Å². The van der Waals surface area contributed by atoms with E-state index in [4.69, 9.17) is 15.2 Å². The highest BCUT2D eigenvalue weighted by atomic mass is 16.5. The summed E-state index contributed by atoms with van der Waals surface area (Å²) in [7, 11) is 1.37. The maximum atomic E-state index is 12.0. The first-order valence-corrected chi connectivity index (χ1v) is 8.86. The van der Waals surface area contributed by atoms with Gasteiger partial charge in [-0.25, -0.2) is 4.79 Å². The molecule has 0 fully saturated rings. The fourth-order valence-electron chi connectivity index (χ4n) is 3.85. The van der Waals surface area contributed by atoms with Crippen LogP contribution in [0.2, 0.25) is 0 Å². The van der Waals surface area contributed by atoms with Crippen molar-refractivity contribution in [3.05, 3.63) is 35.0 Å². The molecule has 3 rings (SSSR count). The number of para-hydroxylation sites is 1. The number of urea groups is 1. The molecule has 4 N–H and O–H groups in total. The highest BCUT2D eigenvalue weighted by Gasteiger charge is 2.44. The number of carbonyl (C=O) groups excluding carboxylic acids is 2. The lowest BCUT2D eigenvalue weighted by Crippen LogP contribution is -2.45. The number of fused-ring (bicyclic) bond motifs is 3. The molecule has 0 spiro atoms. The molecule has 0 saturated heterocycles. The molecule has 2 aromatic rings. The van der Waals surface area contributed by atoms with Crippen molar-refractivity contribution in [3.8, 4) is 0 Å². The van der Waals surface area contributed by atoms with E-state index in [0.717, 1.165) is 34.1 Å². The first-order chi connectivity index (χ1) is 12.5. The number of nitrogens with two attached hydrogens (primary N) is 1. The summed E-state index contributed by atoms with van der Waals surface area (Å²) < 4.78 is 11.0. The largest absolute Gasteiger partial charge is 0.469 e. The van der Waals surface area contributed by atoms with Gasteiger partial charge in [0.05, 0.1) is 31.9 Å². The number of hydrogen-bond donors (Lipinski definition) is 3. The SMILES string of the molecule is CCc1cccc2c3c([nH]c12)C(CC)(CC(=O)OC)OCC3NC(N)=O. The number of methoxy groups -OCH3 is 1. The van der Waals surface area contributed by atoms with Crippen molar-refractivity contribution >= 4 is 22.9 Å². The van der Waals surface area contributed by atoms with Crippen molar-refractivity contribution in [1.82, 2.24) is 10.3 Å². The van der Waals surface area contributed by atoms with Crippen LogP contribution in [0, 0.1) is 0 Å². The second-order valence-corrected chi connectivity index (χ2v) is 6.58. The van der Waals surface area contributed by atoms with E-state index >= 15 is 0 Å². The third-order valence-electron chi connectivity index (χ3n) is 5.22. The summed E-state index contributed by atoms with van der Waals surface area (Å²) in [5.41, 5.74) is 8.46. The molecule has 1 aromatic carbocycles. The first-order valence-electron chi connectivity index (χ1n) is 8.86. The van der Waals surface area contributed by atoms with E-state index in [1.165, 1.54) is 7.11 Å². The van der Waals surface area contributed by atoms with Crippen LogP contribution in [0.4, 0.5) is 4.79 Å². The molecule has 7 nitrogen and oxygen atoms in total. The van der Waals surface area contributed by atoms with Crippen LogP contribution in [0.3, 0.4) is 0 Å². The van der Waals surface area contributed by atoms with Crippen molar-refractivity contribution in [2.24, 2.45) is 5.73 Å². The van der Waals surface area contributed by atoms with Crippen molar-refractivity contribution < 1.29 is 19.1 Å². The first kappa shape index (κ1) is 18.3. The minimum absolute atomic E-state index is 0.102. The topological polar surface area (TPSA) is 106 Å². The summed E-state index contributed by atoms with van der Waals surface area (Å²) in [6.07, 6.45) is 1.55. The van der Waals surface area contributed by atoms with E-state index in [0.29, 0.717) is 6.42 Å². The molecule has 0 bridgehead atoms. The summed E-state index contributed by atoms with van der Waals surface area (Å²) in [4.78, 5) is 27.0. The number of aryl methyl sites for hydroxylation is 1. The molecule has 1 aliphatic heterocycles. The fourth-order valence-corrected chi connectivity index (χ4v) is 3.85. The van der Waals surface area contributed by atoms with Gasteiger partial charge in [-0.1, -0.05) is 32.0 Å². The summed E-state index contributed by atoms with van der Waals surface area (Å²) in [5, 5.41) is 3.78. The molecule has 1 aliphatic rings. The molecule has 1 aromatic heterocycles. The zero-order valence-corrected chi connectivity index (χ0v) is 15.3. The van der Waals surface area contributed by atoms with Gasteiger partial charge in [-0.15, -0.1) is 0 Å². The van der Waals surface area contributed by atoms with Crippen molar-refractivity contribution in [1.29, 1.82) is 0 Å². The number of aromatic nitrogens is 1. The van der Waals surface area contributed by atoms with Crippen molar-refractivity contribution in [3.63, 3.8) is 0 Å². The van der Waals surface area contributed by atoms with E-state index in [-0.39, 0.29) is 25.0 Å². The molecule has 2 atom stereocenters. The third-order valence-corrected chi connectivity index (χ3v) is 5.22. The lowest BCUT2D eigenvalue weighted by molar-refractivity contribution is -0.153. The molecule has 26 heavy (non-hydrogen) atoms. The number of rotatable bonds is 5. The molecule has 2 unspecified atom stereocenters. The van der Waals surface area contributed by atoms with Gasteiger partial charge in [0.1, 0.15) is 5.60 Å². The lowest BCUT2D eigenvalue weighted by atomic mass is 9.84. The van der Waals surface area contributed by atoms with E-state index in [2.05, 4.69) is 23.3 Å². The quantitative estimate of drug-likeness (QED) is 0.713. The number of amides is 2. The Morgan fingerprint density at radius 3 is 2.81 bits per heavy atom. The number of H-pyrrole nitrogens is 1. The van der Waals surface area contributed by atoms with Crippen LogP contribution in [0.15, 0.2) is 18.2 Å². The Labute approximate surface area is 152 Å². The number of nitrogens with one attached hydrogen (secondary N) is 2. The molecule has 0 saturated carbocycles. The monoisotopic (exact) mass is 359 g/mol. The van der Waals surface area contributed by atoms with Crippen LogP contribution >= 0.6 is 0 Å². The van der Waals surface area contributed by atoms with Gasteiger partial charge in [-0.3, -0.25) is 4.79 Å². The standard InChI is InChI=1S/C19H25N3O4/c1-4-11-7-6-8-12-15-13(21-18(20)24)10-26-19(5-2,9-14(23)25-3)17(15)22-16(11)12/h6-8,13,22H,4-5,9-10H2,1-3H3,(H3,20,21,24). The van der Waals surface area contributed by atoms with Gasteiger partial charge >= 0.3 is 12.0 Å². The number of benzene rings is 1. The zero-order valence-electron chi connectivity index (χ0n) is 15.3. The Balaban J connectivity index is 2.24. The predicted octanol–water partition coefficient (Wildman–Crippen LogP) is 2.64. The van der Waals surface area contributed by atoms with Gasteiger partial charge in [-0.05, 0) is 18.4 Å². The van der Waals surface area contributed by atoms with Gasteiger partial charge in [0.15, 0.2) is 0 Å². The van der Waals surface area contributed by atoms with E-state index in [9.17, 15) is 9.59 Å². The van der Waals surface area contributed by atoms with Gasteiger partial charge in [0, 0.05) is 16.5 Å². The number of aromatic amines is 1. The van der Waals surface area contributed by atoms with Crippen LogP contribution < -0.4 is 11.1 Å². The molecule has 2 amide bonds. The molecule has 2 heterocycles. The highest BCUT2D eigenvalue weighted by Crippen LogP contribution is 2.45. The minimum Gasteiger partial charge on any atom is -0.469 e. The Morgan fingerprint density at radius 2 is 2.19 bits per heavy atom. The van der Waals surface area contributed by atoms with Gasteiger partial charge in [0.25, 0.3) is 0 Å². The fraction of sp³-hybridized carbons (Fsp3) is 0.474. The highest BCUT2D eigenvalue weighted by molar-refractivity contribution is 5.89. The van der Waals surface area contributed by atoms with Gasteiger partial charge in [0.2, 0.25) is 0 Å². The van der Waals surface area contributed by atoms with Gasteiger partial charge in [-0.2, -0.15) is 0 Å². The maximum absolute atomic E-state index is 12.0. The smallest absolute Gasteiger partial charge is 0.312 e. The Kier molecular flexibility index (Phi) is 4.91. The average Bonchev–Trinajstić information content (AvgIpc) is 3.04. The summed E-state index contributed by atoms with van der Waals surface area (Å²) >= 11 is 0. The Morgan fingerprint density at radius 1 is 1.42 bits per heavy atom. The lowest BCUT2D eigenvalue weighted by Gasteiger charge is -2.39. The summed E-state index contributed by atoms with van der Waals surface area (Å²) in [6, 6.07) is 5.10. The zero-order chi connectivity index (χ0) is 18.9. The predicted molar refractivity (Wildman–Crippen MR) is 97.7 cm³/mol. The average molecular weight is 359 g/mol. The third kappa shape index (κ3) is 2.92. The van der Waals surface area contributed by atoms with E-state index < -0.39 is 11.6 Å². The van der Waals surface area contributed by atoms with Crippen LogP contribution in [0.5, 0.6) is 0 Å². The van der Waals surface area contributed by atoms with Crippen LogP contribution in [0.25, 0.3) is 10.9 Å². The molecule has 0 radical (unpaired) electrons. The summed E-state index contributed by atoms with van der Waals surface area (Å²) in [6.45, 7) is 4.30. The normalized spacial score (nSPS) is 22.0. The van der Waals surface area contributed by atoms with Crippen LogP contribution in [-0.2, 0) is 26.3 Å². The molecule has 0 aliphatic carbocycles. The Bertz CT molecular complexity index is 845. The number of ether oxygens (including phenoxy) is 2. The Hall–Kier alpha value is -2.54. The van der Waals surface area contributed by atoms with Crippen molar-refractivity contribution in [2.75, 3.05) is 13.7 Å². The van der Waals surface area contributed by atoms with E-state index in [1.807, 2.05) is 19.1 Å². The maximum Gasteiger partial charge on any atom is 0.312 e. The summed E-state index contributed by atoms with van der Waals surface area (Å²) in [5.74, 6) is -0.339. The van der Waals surface area contributed by atoms with Crippen LogP contribution in [0.1, 0.15) is 49.6 Å².